The molecule has 0 atom stereocenters. The second kappa shape index (κ2) is 32.7. The molecular weight excluding hydrogens is 1750 g/mol. The van der Waals surface area contributed by atoms with Gasteiger partial charge < -0.3 is 19.1 Å². The number of hydrogen-bond acceptors (Lipinski definition) is 4. The number of hydrogen-bond donors (Lipinski definition) is 0. The summed E-state index contributed by atoms with van der Waals surface area (Å²) < 4.78 is 6.52. The van der Waals surface area contributed by atoms with Crippen molar-refractivity contribution >= 4 is 105 Å². The predicted octanol–water partition coefficient (Wildman–Crippen LogP) is 39.1. The summed E-state index contributed by atoms with van der Waals surface area (Å²) in [7, 11) is 0. The summed E-state index contributed by atoms with van der Waals surface area (Å²) in [6.07, 6.45) is 0. The Morgan fingerprint density at radius 1 is 0.152 bits per heavy atom. The van der Waals surface area contributed by atoms with Crippen molar-refractivity contribution in [2.24, 2.45) is 0 Å². The maximum atomic E-state index is 6.52. The molecular formula is C141H123N3O. The summed E-state index contributed by atoms with van der Waals surface area (Å²) in [6, 6.07) is 156. The Kier molecular flexibility index (Phi) is 20.4. The summed E-state index contributed by atoms with van der Waals surface area (Å²) in [4.78, 5) is 7.49. The Hall–Kier alpha value is -15.6. The van der Waals surface area contributed by atoms with Crippen LogP contribution in [0, 0.1) is 0 Å². The maximum absolute atomic E-state index is 6.52. The number of fused-ring (bicyclic) bond motifs is 27. The molecule has 1 heterocycles. The predicted molar refractivity (Wildman–Crippen MR) is 616 cm³/mol. The first kappa shape index (κ1) is 90.6. The topological polar surface area (TPSA) is 22.9 Å². The van der Waals surface area contributed by atoms with Crippen LogP contribution in [0.15, 0.2) is 423 Å². The van der Waals surface area contributed by atoms with Gasteiger partial charge in [-0.15, -0.1) is 0 Å². The van der Waals surface area contributed by atoms with Crippen LogP contribution in [0.2, 0.25) is 0 Å². The molecule has 6 aliphatic carbocycles. The first-order chi connectivity index (χ1) is 69.8. The van der Waals surface area contributed by atoms with Crippen LogP contribution in [0.25, 0.3) is 132 Å². The first-order valence-electron chi connectivity index (χ1n) is 52.0. The highest BCUT2D eigenvalue weighted by Gasteiger charge is 2.51. The van der Waals surface area contributed by atoms with Crippen molar-refractivity contribution in [3.8, 4) is 77.9 Å². The summed E-state index contributed by atoms with van der Waals surface area (Å²) in [5.41, 5.74) is 46.9. The molecule has 145 heavy (non-hydrogen) atoms. The van der Waals surface area contributed by atoms with E-state index >= 15 is 0 Å². The van der Waals surface area contributed by atoms with E-state index in [1.807, 2.05) is 6.07 Å². The molecule has 1 aromatic heterocycles. The van der Waals surface area contributed by atoms with E-state index in [9.17, 15) is 0 Å². The Balaban J connectivity index is 0.000000114. The number of anilines is 9. The molecule has 0 radical (unpaired) electrons. The molecule has 0 spiro atoms. The average Bonchev–Trinajstić information content (AvgIpc) is 1.59. The van der Waals surface area contributed by atoms with Crippen molar-refractivity contribution in [1.29, 1.82) is 0 Å². The summed E-state index contributed by atoms with van der Waals surface area (Å²) in [5.74, 6) is 0. The minimum absolute atomic E-state index is 0.0249. The van der Waals surface area contributed by atoms with Gasteiger partial charge in [-0.05, 0) is 290 Å². The van der Waals surface area contributed by atoms with E-state index in [0.717, 1.165) is 39.0 Å². The van der Waals surface area contributed by atoms with Crippen LogP contribution < -0.4 is 14.7 Å². The second-order valence-corrected chi connectivity index (χ2v) is 46.2. The van der Waals surface area contributed by atoms with Gasteiger partial charge in [-0.3, -0.25) is 0 Å². The van der Waals surface area contributed by atoms with Crippen LogP contribution in [0.3, 0.4) is 0 Å². The highest BCUT2D eigenvalue weighted by Crippen LogP contribution is 2.64. The van der Waals surface area contributed by atoms with E-state index < -0.39 is 0 Å². The third-order valence-corrected chi connectivity index (χ3v) is 36.5. The zero-order valence-electron chi connectivity index (χ0n) is 86.6. The van der Waals surface area contributed by atoms with Crippen LogP contribution in [0.5, 0.6) is 0 Å². The van der Waals surface area contributed by atoms with Gasteiger partial charge in [0.1, 0.15) is 11.2 Å². The van der Waals surface area contributed by atoms with Crippen molar-refractivity contribution in [3.05, 3.63) is 485 Å². The smallest absolute Gasteiger partial charge is 0.137 e. The van der Waals surface area contributed by atoms with Crippen molar-refractivity contribution in [3.63, 3.8) is 0 Å². The minimum atomic E-state index is -0.148. The van der Waals surface area contributed by atoms with Gasteiger partial charge in [0.05, 0.1) is 17.1 Å². The molecule has 0 unspecified atom stereocenters. The molecule has 20 aromatic carbocycles. The molecule has 0 fully saturated rings. The van der Waals surface area contributed by atoms with Crippen LogP contribution in [0.1, 0.15) is 191 Å². The molecule has 0 aliphatic heterocycles. The lowest BCUT2D eigenvalue weighted by atomic mass is 9.55. The Morgan fingerprint density at radius 3 is 0.759 bits per heavy atom. The van der Waals surface area contributed by atoms with Gasteiger partial charge in [0.2, 0.25) is 0 Å². The van der Waals surface area contributed by atoms with Crippen molar-refractivity contribution < 1.29 is 4.42 Å². The third-order valence-electron chi connectivity index (χ3n) is 36.5. The highest BCUT2D eigenvalue weighted by molar-refractivity contribution is 6.15. The van der Waals surface area contributed by atoms with Gasteiger partial charge >= 0.3 is 0 Å². The van der Waals surface area contributed by atoms with E-state index in [1.54, 1.807) is 0 Å². The van der Waals surface area contributed by atoms with Gasteiger partial charge in [0.25, 0.3) is 0 Å². The molecule has 0 saturated carbocycles. The lowest BCUT2D eigenvalue weighted by Crippen LogP contribution is -2.43. The largest absolute Gasteiger partial charge is 0.456 e. The van der Waals surface area contributed by atoms with Crippen LogP contribution >= 0.6 is 0 Å². The molecule has 0 amide bonds. The van der Waals surface area contributed by atoms with Gasteiger partial charge in [-0.2, -0.15) is 0 Å². The third kappa shape index (κ3) is 13.4. The van der Waals surface area contributed by atoms with Crippen LogP contribution in [-0.2, 0) is 48.7 Å². The SMILES string of the molecule is CC1(C)c2ccccc2-c2c1cc(N(c1ccc(-c3ccccc3)cc1)c1ccc3c(c1)C(C)(C)C(C)(C)c1ccccc1-3)c1ccccc21.CC1(C)c2ccccc2-c2c1cc(N(c1ccc3c(c1)C(C)(C)C(C)(C)c1ccccc1-3)c1ccc3c(c1)oc1ccccc13)c1ccccc21.CC1(C)c2ccccc2-c2c1cc(N(c1ccccc1)c1ccc3c(c1)C(C)(C)C(C)(C)c1ccccc1-3)c1ccccc21. The average molecular weight is 1880 g/mol. The van der Waals surface area contributed by atoms with Gasteiger partial charge in [0, 0.05) is 83.4 Å². The highest BCUT2D eigenvalue weighted by atomic mass is 16.3. The second-order valence-electron chi connectivity index (χ2n) is 46.2. The summed E-state index contributed by atoms with van der Waals surface area (Å²) in [6.45, 7) is 43.3. The van der Waals surface area contributed by atoms with Crippen LogP contribution in [0.4, 0.5) is 51.2 Å². The van der Waals surface area contributed by atoms with Crippen molar-refractivity contribution in [1.82, 2.24) is 0 Å². The van der Waals surface area contributed by atoms with Gasteiger partial charge in [0.15, 0.2) is 0 Å². The zero-order chi connectivity index (χ0) is 99.7. The summed E-state index contributed by atoms with van der Waals surface area (Å²) >= 11 is 0. The quantitative estimate of drug-likeness (QED) is 0.136. The number of benzene rings is 20. The monoisotopic (exact) mass is 1870 g/mol. The fraction of sp³-hybridized carbons (Fsp3) is 0.191. The molecule has 4 nitrogen and oxygen atoms in total. The van der Waals surface area contributed by atoms with E-state index in [4.69, 9.17) is 4.42 Å². The number of para-hydroxylation sites is 2. The minimum Gasteiger partial charge on any atom is -0.456 e. The zero-order valence-corrected chi connectivity index (χ0v) is 86.6. The molecule has 21 aromatic rings. The van der Waals surface area contributed by atoms with Crippen LogP contribution in [-0.4, -0.2) is 0 Å². The fourth-order valence-electron chi connectivity index (χ4n) is 26.4. The molecule has 6 aliphatic rings. The van der Waals surface area contributed by atoms with Crippen molar-refractivity contribution in [2.45, 2.75) is 173 Å². The molecule has 0 N–H and O–H groups in total. The van der Waals surface area contributed by atoms with E-state index in [0.29, 0.717) is 0 Å². The van der Waals surface area contributed by atoms with E-state index in [2.05, 4.69) is 552 Å². The lowest BCUT2D eigenvalue weighted by Gasteiger charge is -2.48. The van der Waals surface area contributed by atoms with Gasteiger partial charge in [-0.25, -0.2) is 0 Å². The molecule has 0 bridgehead atoms. The standard InChI is InChI=1S/C49H41NO.C49H43N.C43H39N/c1-47(2)39-20-12-10-19-38(39)46-37-18-8-7-16-34(37)43(29-42(46)47)50(31-24-26-36-35-17-11-14-22-44(35)51-45(36)28-31)30-23-25-33-32-15-9-13-21-40(32)48(3,4)49(5,6)41(33)27-30;1-47(2)41-22-14-13-21-40(41)46-39-20-11-10-19-38(39)45(31-44(46)47)50(34-26-24-33(25-27-34)32-16-8-7-9-17-32)35-28-29-37-36-18-12-15-23-42(36)48(3,4)49(5,6)43(37)30-35;1-41(2)35-22-14-13-21-34(35)40-33-20-11-10-19-32(33)39(27-38(40)41)44(28-16-8-7-9-17-28)29-24-25-31-30-18-12-15-23-36(30)42(3,4)43(5,6)37(31)26-29/h7-29H,1-6H3;7-31H,1-6H3;7-27H,1-6H3. The number of nitrogens with zero attached hydrogens (tertiary/aromatic N) is 3. The molecule has 708 valence electrons. The van der Waals surface area contributed by atoms with Gasteiger partial charge in [-0.1, -0.05) is 440 Å². The normalized spacial score (nSPS) is 16.2. The molecule has 4 heteroatoms. The Bertz CT molecular complexity index is 8910. The molecule has 27 rings (SSSR count). The number of furan rings is 1. The van der Waals surface area contributed by atoms with E-state index in [-0.39, 0.29) is 48.7 Å². The van der Waals surface area contributed by atoms with Crippen molar-refractivity contribution in [2.75, 3.05) is 14.7 Å². The lowest BCUT2D eigenvalue weighted by molar-refractivity contribution is 0.299. The first-order valence-corrected chi connectivity index (χ1v) is 52.0. The Morgan fingerprint density at radius 2 is 0.393 bits per heavy atom. The summed E-state index contributed by atoms with van der Waals surface area (Å²) in [5, 5.41) is 9.94. The fourth-order valence-corrected chi connectivity index (χ4v) is 26.4. The Labute approximate surface area is 855 Å². The molecule has 0 saturated heterocycles. The number of rotatable bonds is 10. The maximum Gasteiger partial charge on any atom is 0.137 e. The van der Waals surface area contributed by atoms with E-state index in [1.165, 1.54) is 211 Å².